The molecule has 1 aliphatic rings. The van der Waals surface area contributed by atoms with E-state index in [1.807, 2.05) is 0 Å². The fraction of sp³-hybridized carbons (Fsp3) is 0.667. The first-order chi connectivity index (χ1) is 13.9. The number of carbonyl (C=O) groups excluding carboxylic acids is 1. The Morgan fingerprint density at radius 2 is 1.53 bits per heavy atom. The van der Waals surface area contributed by atoms with Crippen LogP contribution in [0.3, 0.4) is 0 Å². The van der Waals surface area contributed by atoms with E-state index in [2.05, 4.69) is 6.92 Å². The van der Waals surface area contributed by atoms with Gasteiger partial charge in [-0.25, -0.2) is 0 Å². The van der Waals surface area contributed by atoms with Gasteiger partial charge in [0.25, 0.3) is 0 Å². The molecule has 1 aromatic rings. The lowest BCUT2D eigenvalue weighted by atomic mass is 9.80. The summed E-state index contributed by atoms with van der Waals surface area (Å²) in [6, 6.07) is 5.16. The number of alkyl halides is 7. The van der Waals surface area contributed by atoms with Crippen LogP contribution in [0.5, 0.6) is 5.75 Å². The second-order valence-electron chi connectivity index (χ2n) is 7.85. The minimum Gasteiger partial charge on any atom is -0.426 e. The molecular formula is C21H25F7O2. The number of esters is 1. The number of hydrogen-bond acceptors (Lipinski definition) is 2. The summed E-state index contributed by atoms with van der Waals surface area (Å²) in [5, 5.41) is 0. The molecule has 2 nitrogen and oxygen atoms in total. The van der Waals surface area contributed by atoms with Crippen LogP contribution in [0.2, 0.25) is 0 Å². The Morgan fingerprint density at radius 1 is 0.967 bits per heavy atom. The summed E-state index contributed by atoms with van der Waals surface area (Å²) < 4.78 is 94.4. The van der Waals surface area contributed by atoms with Crippen LogP contribution in [0.1, 0.15) is 57.4 Å². The summed E-state index contributed by atoms with van der Waals surface area (Å²) in [4.78, 5) is 12.3. The minimum atomic E-state index is -6.33. The summed E-state index contributed by atoms with van der Waals surface area (Å²) in [6.07, 6.45) is -3.04. The highest BCUT2D eigenvalue weighted by molar-refractivity contribution is 5.75. The van der Waals surface area contributed by atoms with Crippen molar-refractivity contribution in [3.63, 3.8) is 0 Å². The molecule has 0 aromatic heterocycles. The average Bonchev–Trinajstić information content (AvgIpc) is 2.67. The predicted molar refractivity (Wildman–Crippen MR) is 96.7 cm³/mol. The smallest absolute Gasteiger partial charge is 0.426 e. The molecule has 170 valence electrons. The van der Waals surface area contributed by atoms with Gasteiger partial charge in [0.05, 0.1) is 5.92 Å². The molecular weight excluding hydrogens is 417 g/mol. The van der Waals surface area contributed by atoms with Gasteiger partial charge in [0.1, 0.15) is 5.75 Å². The monoisotopic (exact) mass is 442 g/mol. The summed E-state index contributed by atoms with van der Waals surface area (Å²) in [5.41, 5.74) is 0.132. The van der Waals surface area contributed by atoms with Crippen LogP contribution in [-0.2, 0) is 11.2 Å². The zero-order valence-electron chi connectivity index (χ0n) is 16.6. The van der Waals surface area contributed by atoms with Crippen molar-refractivity contribution in [2.24, 2.45) is 11.8 Å². The number of hydrogen-bond donors (Lipinski definition) is 0. The molecule has 2 rings (SSSR count). The van der Waals surface area contributed by atoms with E-state index in [1.165, 1.54) is 24.3 Å². The second kappa shape index (κ2) is 9.56. The Hall–Kier alpha value is -1.80. The standard InChI is InChI=1S/C21H25F7O2/c1-2-3-14-4-8-16(9-5-14)18(29)30-17-10-6-15(7-11-17)12-13-19(22,23)20(24,25)21(26,27)28/h6-7,10-11,14,16H,2-5,8-9,12-13H2,1H3. The van der Waals surface area contributed by atoms with Gasteiger partial charge < -0.3 is 4.74 Å². The topological polar surface area (TPSA) is 26.3 Å². The molecule has 0 unspecified atom stereocenters. The Morgan fingerprint density at radius 3 is 2.03 bits per heavy atom. The largest absolute Gasteiger partial charge is 0.459 e. The molecule has 0 bridgehead atoms. The van der Waals surface area contributed by atoms with Gasteiger partial charge >= 0.3 is 24.0 Å². The molecule has 0 spiro atoms. The van der Waals surface area contributed by atoms with E-state index >= 15 is 0 Å². The van der Waals surface area contributed by atoms with Crippen molar-refractivity contribution in [1.29, 1.82) is 0 Å². The number of carbonyl (C=O) groups is 1. The lowest BCUT2D eigenvalue weighted by molar-refractivity contribution is -0.355. The maximum Gasteiger partial charge on any atom is 0.459 e. The fourth-order valence-corrected chi connectivity index (χ4v) is 3.68. The molecule has 1 aliphatic carbocycles. The maximum absolute atomic E-state index is 13.4. The van der Waals surface area contributed by atoms with Crippen molar-refractivity contribution in [1.82, 2.24) is 0 Å². The van der Waals surface area contributed by atoms with E-state index in [9.17, 15) is 35.5 Å². The number of benzene rings is 1. The number of ether oxygens (including phenoxy) is 1. The first-order valence-corrected chi connectivity index (χ1v) is 10.0. The molecule has 30 heavy (non-hydrogen) atoms. The van der Waals surface area contributed by atoms with Gasteiger partial charge in [0.2, 0.25) is 0 Å². The van der Waals surface area contributed by atoms with Crippen LogP contribution in [-0.4, -0.2) is 24.0 Å². The van der Waals surface area contributed by atoms with Crippen molar-refractivity contribution < 1.29 is 40.3 Å². The highest BCUT2D eigenvalue weighted by Crippen LogP contribution is 2.48. The Kier molecular flexibility index (Phi) is 7.80. The van der Waals surface area contributed by atoms with Crippen molar-refractivity contribution in [2.45, 2.75) is 76.3 Å². The third-order valence-electron chi connectivity index (χ3n) is 5.56. The molecule has 1 aromatic carbocycles. The zero-order chi connectivity index (χ0) is 22.6. The molecule has 0 amide bonds. The molecule has 0 atom stereocenters. The van der Waals surface area contributed by atoms with Crippen molar-refractivity contribution >= 4 is 5.97 Å². The second-order valence-corrected chi connectivity index (χ2v) is 7.85. The first-order valence-electron chi connectivity index (χ1n) is 10.0. The van der Waals surface area contributed by atoms with E-state index in [0.29, 0.717) is 5.92 Å². The number of aryl methyl sites for hydroxylation is 1. The van der Waals surface area contributed by atoms with Crippen LogP contribution in [0.25, 0.3) is 0 Å². The summed E-state index contributed by atoms with van der Waals surface area (Å²) >= 11 is 0. The summed E-state index contributed by atoms with van der Waals surface area (Å²) in [6.45, 7) is 2.12. The van der Waals surface area contributed by atoms with E-state index in [-0.39, 0.29) is 23.2 Å². The predicted octanol–water partition coefficient (Wildman–Crippen LogP) is 6.96. The van der Waals surface area contributed by atoms with Gasteiger partial charge in [0, 0.05) is 6.42 Å². The average molecular weight is 442 g/mol. The Balaban J connectivity index is 1.87. The molecule has 0 saturated heterocycles. The van der Waals surface area contributed by atoms with Gasteiger partial charge in [-0.05, 0) is 55.7 Å². The Labute approximate surface area is 170 Å². The minimum absolute atomic E-state index is 0.132. The van der Waals surface area contributed by atoms with Gasteiger partial charge in [0.15, 0.2) is 0 Å². The maximum atomic E-state index is 13.4. The van der Waals surface area contributed by atoms with Crippen LogP contribution in [0.15, 0.2) is 24.3 Å². The highest BCUT2D eigenvalue weighted by atomic mass is 19.4. The van der Waals surface area contributed by atoms with Gasteiger partial charge in [-0.2, -0.15) is 30.7 Å². The molecule has 0 heterocycles. The van der Waals surface area contributed by atoms with E-state index in [0.717, 1.165) is 38.5 Å². The van der Waals surface area contributed by atoms with Gasteiger partial charge in [-0.3, -0.25) is 4.79 Å². The van der Waals surface area contributed by atoms with Crippen molar-refractivity contribution in [3.8, 4) is 5.75 Å². The van der Waals surface area contributed by atoms with Crippen molar-refractivity contribution in [2.75, 3.05) is 0 Å². The third-order valence-corrected chi connectivity index (χ3v) is 5.56. The zero-order valence-corrected chi connectivity index (χ0v) is 16.6. The highest BCUT2D eigenvalue weighted by Gasteiger charge is 2.72. The van der Waals surface area contributed by atoms with Crippen LogP contribution in [0, 0.1) is 11.8 Å². The SMILES string of the molecule is CCCC1CCC(C(=O)Oc2ccc(CCC(F)(F)C(F)(F)C(F)(F)F)cc2)CC1. The number of halogens is 7. The third kappa shape index (κ3) is 5.88. The van der Waals surface area contributed by atoms with E-state index in [4.69, 9.17) is 4.74 Å². The first kappa shape index (κ1) is 24.5. The van der Waals surface area contributed by atoms with Crippen LogP contribution < -0.4 is 4.74 Å². The summed E-state index contributed by atoms with van der Waals surface area (Å²) in [7, 11) is 0. The lowest BCUT2D eigenvalue weighted by Crippen LogP contribution is -2.52. The fourth-order valence-electron chi connectivity index (χ4n) is 3.68. The van der Waals surface area contributed by atoms with E-state index in [1.54, 1.807) is 0 Å². The normalized spacial score (nSPS) is 20.8. The molecule has 0 N–H and O–H groups in total. The molecule has 1 saturated carbocycles. The lowest BCUT2D eigenvalue weighted by Gasteiger charge is -2.28. The van der Waals surface area contributed by atoms with Crippen LogP contribution in [0.4, 0.5) is 30.7 Å². The molecule has 9 heteroatoms. The molecule has 1 fully saturated rings. The number of rotatable bonds is 8. The molecule has 0 aliphatic heterocycles. The van der Waals surface area contributed by atoms with Gasteiger partial charge in [-0.15, -0.1) is 0 Å². The van der Waals surface area contributed by atoms with Crippen molar-refractivity contribution in [3.05, 3.63) is 29.8 Å². The summed E-state index contributed by atoms with van der Waals surface area (Å²) in [5.74, 6) is -11.1. The van der Waals surface area contributed by atoms with Gasteiger partial charge in [-0.1, -0.05) is 31.9 Å². The molecule has 0 radical (unpaired) electrons. The quantitative estimate of drug-likeness (QED) is 0.247. The van der Waals surface area contributed by atoms with E-state index < -0.39 is 30.9 Å². The Bertz CT molecular complexity index is 690. The van der Waals surface area contributed by atoms with Crippen LogP contribution >= 0.6 is 0 Å².